The van der Waals surface area contributed by atoms with Crippen molar-refractivity contribution in [2.75, 3.05) is 6.54 Å². The quantitative estimate of drug-likeness (QED) is 0.915. The Morgan fingerprint density at radius 3 is 2.71 bits per heavy atom. The van der Waals surface area contributed by atoms with E-state index >= 15 is 0 Å². The van der Waals surface area contributed by atoms with Gasteiger partial charge in [0.2, 0.25) is 0 Å². The molecule has 4 heteroatoms. The van der Waals surface area contributed by atoms with Crippen LogP contribution in [0, 0.1) is 5.82 Å². The van der Waals surface area contributed by atoms with E-state index in [1.165, 1.54) is 31.7 Å². The van der Waals surface area contributed by atoms with Crippen LogP contribution in [0.2, 0.25) is 0 Å². The highest BCUT2D eigenvalue weighted by atomic mass is 19.1. The average molecular weight is 287 g/mol. The van der Waals surface area contributed by atoms with Crippen LogP contribution in [0.4, 0.5) is 4.39 Å². The number of rotatable bonds is 5. The fraction of sp³-hybridized carbons (Fsp3) is 0.471. The number of halogens is 1. The maximum Gasteiger partial charge on any atom is 0.126 e. The highest BCUT2D eigenvalue weighted by molar-refractivity contribution is 5.24. The van der Waals surface area contributed by atoms with Gasteiger partial charge < -0.3 is 5.73 Å². The Balaban J connectivity index is 1.74. The number of nitrogens with two attached hydrogens (primary N) is 1. The molecule has 0 spiro atoms. The molecule has 3 rings (SSSR count). The van der Waals surface area contributed by atoms with Crippen LogP contribution in [0.3, 0.4) is 0 Å². The molecule has 0 saturated heterocycles. The van der Waals surface area contributed by atoms with Crippen molar-refractivity contribution in [3.05, 3.63) is 53.6 Å². The predicted octanol–water partition coefficient (Wildman–Crippen LogP) is 3.42. The fourth-order valence-electron chi connectivity index (χ4n) is 3.24. The smallest absolute Gasteiger partial charge is 0.126 e. The second kappa shape index (κ2) is 6.39. The normalized spacial score (nSPS) is 17.2. The molecule has 2 N–H and O–H groups in total. The molecule has 1 aliphatic rings. The third-order valence-electron chi connectivity index (χ3n) is 4.45. The van der Waals surface area contributed by atoms with Crippen molar-refractivity contribution < 1.29 is 4.39 Å². The molecule has 1 fully saturated rings. The Labute approximate surface area is 125 Å². The van der Waals surface area contributed by atoms with E-state index in [0.717, 1.165) is 5.69 Å². The van der Waals surface area contributed by atoms with E-state index < -0.39 is 0 Å². The van der Waals surface area contributed by atoms with Crippen LogP contribution < -0.4 is 5.73 Å². The summed E-state index contributed by atoms with van der Waals surface area (Å²) >= 11 is 0. The molecule has 1 aromatic heterocycles. The molecule has 1 heterocycles. The van der Waals surface area contributed by atoms with Crippen LogP contribution in [0.15, 0.2) is 36.5 Å². The minimum absolute atomic E-state index is 0.0156. The Morgan fingerprint density at radius 1 is 1.24 bits per heavy atom. The summed E-state index contributed by atoms with van der Waals surface area (Å²) in [7, 11) is 0. The van der Waals surface area contributed by atoms with E-state index in [-0.39, 0.29) is 11.7 Å². The van der Waals surface area contributed by atoms with Crippen molar-refractivity contribution in [1.29, 1.82) is 0 Å². The molecular weight excluding hydrogens is 265 g/mol. The first-order chi connectivity index (χ1) is 10.3. The highest BCUT2D eigenvalue weighted by Gasteiger charge is 2.19. The van der Waals surface area contributed by atoms with Crippen LogP contribution in [-0.2, 0) is 6.42 Å². The molecule has 21 heavy (non-hydrogen) atoms. The average Bonchev–Trinajstić information content (AvgIpc) is 3.16. The van der Waals surface area contributed by atoms with Gasteiger partial charge >= 0.3 is 0 Å². The van der Waals surface area contributed by atoms with Crippen LogP contribution >= 0.6 is 0 Å². The number of nitrogens with zero attached hydrogens (tertiary/aromatic N) is 2. The molecule has 1 aliphatic carbocycles. The summed E-state index contributed by atoms with van der Waals surface area (Å²) < 4.78 is 16.0. The Kier molecular flexibility index (Phi) is 4.34. The lowest BCUT2D eigenvalue weighted by Gasteiger charge is -2.15. The van der Waals surface area contributed by atoms with Gasteiger partial charge in [0, 0.05) is 12.1 Å². The maximum absolute atomic E-state index is 13.9. The summed E-state index contributed by atoms with van der Waals surface area (Å²) in [5.74, 6) is -0.193. The molecule has 0 bridgehead atoms. The third kappa shape index (κ3) is 3.16. The number of hydrogen-bond donors (Lipinski definition) is 1. The minimum Gasteiger partial charge on any atom is -0.330 e. The highest BCUT2D eigenvalue weighted by Crippen LogP contribution is 2.29. The van der Waals surface area contributed by atoms with Gasteiger partial charge in [0.1, 0.15) is 5.82 Å². The van der Waals surface area contributed by atoms with E-state index in [9.17, 15) is 4.39 Å². The lowest BCUT2D eigenvalue weighted by molar-refractivity contribution is 0.460. The zero-order valence-electron chi connectivity index (χ0n) is 12.2. The molecule has 0 aliphatic heterocycles. The van der Waals surface area contributed by atoms with Gasteiger partial charge in [-0.1, -0.05) is 31.0 Å². The number of hydrogen-bond acceptors (Lipinski definition) is 2. The molecule has 112 valence electrons. The molecule has 1 aromatic carbocycles. The van der Waals surface area contributed by atoms with E-state index in [2.05, 4.69) is 16.0 Å². The van der Waals surface area contributed by atoms with Crippen LogP contribution in [0.5, 0.6) is 0 Å². The van der Waals surface area contributed by atoms with Crippen molar-refractivity contribution in [1.82, 2.24) is 9.78 Å². The topological polar surface area (TPSA) is 43.8 Å². The minimum atomic E-state index is -0.178. The summed E-state index contributed by atoms with van der Waals surface area (Å²) in [6, 6.07) is 9.47. The van der Waals surface area contributed by atoms with E-state index in [4.69, 9.17) is 5.73 Å². The Morgan fingerprint density at radius 2 is 2.00 bits per heavy atom. The monoisotopic (exact) mass is 287 g/mol. The van der Waals surface area contributed by atoms with Crippen molar-refractivity contribution in [3.63, 3.8) is 0 Å². The van der Waals surface area contributed by atoms with E-state index in [1.807, 2.05) is 18.2 Å². The first-order valence-electron chi connectivity index (χ1n) is 7.76. The molecule has 1 atom stereocenters. The summed E-state index contributed by atoms with van der Waals surface area (Å²) in [6.45, 7) is 0.428. The second-order valence-electron chi connectivity index (χ2n) is 5.88. The largest absolute Gasteiger partial charge is 0.330 e. The molecule has 0 radical (unpaired) electrons. The van der Waals surface area contributed by atoms with Crippen LogP contribution in [0.1, 0.15) is 48.9 Å². The maximum atomic E-state index is 13.9. The lowest BCUT2D eigenvalue weighted by atomic mass is 9.94. The summed E-state index contributed by atoms with van der Waals surface area (Å²) in [5, 5.41) is 4.67. The van der Waals surface area contributed by atoms with Crippen molar-refractivity contribution in [2.45, 2.75) is 44.1 Å². The predicted molar refractivity (Wildman–Crippen MR) is 81.6 cm³/mol. The molecular formula is C17H22FN3. The fourth-order valence-corrected chi connectivity index (χ4v) is 3.24. The molecule has 3 nitrogen and oxygen atoms in total. The van der Waals surface area contributed by atoms with Gasteiger partial charge in [0.15, 0.2) is 0 Å². The van der Waals surface area contributed by atoms with E-state index in [1.54, 1.807) is 6.07 Å². The molecule has 0 amide bonds. The zero-order chi connectivity index (χ0) is 14.7. The van der Waals surface area contributed by atoms with Gasteiger partial charge in [-0.3, -0.25) is 4.68 Å². The summed E-state index contributed by atoms with van der Waals surface area (Å²) in [5.41, 5.74) is 7.54. The summed E-state index contributed by atoms with van der Waals surface area (Å²) in [4.78, 5) is 0. The molecule has 2 aromatic rings. The first-order valence-corrected chi connectivity index (χ1v) is 7.76. The zero-order valence-corrected chi connectivity index (χ0v) is 12.2. The number of aromatic nitrogens is 2. The van der Waals surface area contributed by atoms with Gasteiger partial charge in [-0.2, -0.15) is 5.10 Å². The Hall–Kier alpha value is -1.68. The number of benzene rings is 1. The third-order valence-corrected chi connectivity index (χ3v) is 4.45. The van der Waals surface area contributed by atoms with Crippen molar-refractivity contribution in [2.24, 2.45) is 5.73 Å². The summed E-state index contributed by atoms with van der Waals surface area (Å²) in [6.07, 6.45) is 7.77. The van der Waals surface area contributed by atoms with Crippen molar-refractivity contribution in [3.8, 4) is 0 Å². The standard InChI is InChI=1S/C17H22FN3/c18-17-8-4-3-7-16(17)13(12-19)11-14-9-10-21(20-14)15-5-1-2-6-15/h3-4,7-10,13,15H,1-2,5-6,11-12,19H2. The SMILES string of the molecule is NCC(Cc1ccn(C2CCCC2)n1)c1ccccc1F. The van der Waals surface area contributed by atoms with Gasteiger partial charge in [-0.25, -0.2) is 4.39 Å². The van der Waals surface area contributed by atoms with Gasteiger partial charge in [0.05, 0.1) is 11.7 Å². The van der Waals surface area contributed by atoms with Crippen LogP contribution in [-0.4, -0.2) is 16.3 Å². The van der Waals surface area contributed by atoms with Crippen molar-refractivity contribution >= 4 is 0 Å². The first kappa shape index (κ1) is 14.3. The second-order valence-corrected chi connectivity index (χ2v) is 5.88. The molecule has 1 saturated carbocycles. The Bertz CT molecular complexity index is 587. The van der Waals surface area contributed by atoms with Gasteiger partial charge in [-0.05, 0) is 43.5 Å². The van der Waals surface area contributed by atoms with E-state index in [0.29, 0.717) is 24.6 Å². The molecule has 1 unspecified atom stereocenters. The van der Waals surface area contributed by atoms with Gasteiger partial charge in [-0.15, -0.1) is 0 Å². The lowest BCUT2D eigenvalue weighted by Crippen LogP contribution is -2.17. The van der Waals surface area contributed by atoms with Gasteiger partial charge in [0.25, 0.3) is 0 Å². The van der Waals surface area contributed by atoms with Crippen LogP contribution in [0.25, 0.3) is 0 Å².